The van der Waals surface area contributed by atoms with E-state index >= 15 is 0 Å². The summed E-state index contributed by atoms with van der Waals surface area (Å²) in [6, 6.07) is 8.36. The van der Waals surface area contributed by atoms with Crippen LogP contribution in [0.25, 0.3) is 10.2 Å². The van der Waals surface area contributed by atoms with Gasteiger partial charge in [0.1, 0.15) is 17.0 Å². The van der Waals surface area contributed by atoms with Crippen molar-refractivity contribution in [1.29, 1.82) is 0 Å². The van der Waals surface area contributed by atoms with Gasteiger partial charge in [0.15, 0.2) is 0 Å². The molecule has 1 fully saturated rings. The van der Waals surface area contributed by atoms with Gasteiger partial charge in [0, 0.05) is 49.7 Å². The minimum atomic E-state index is -3.53. The number of hydrogen-bond acceptors (Lipinski definition) is 7. The third-order valence-corrected chi connectivity index (χ3v) is 8.77. The smallest absolute Gasteiger partial charge is 0.253 e. The summed E-state index contributed by atoms with van der Waals surface area (Å²) in [5, 5.41) is 1.06. The lowest BCUT2D eigenvalue weighted by atomic mass is 10.2. The van der Waals surface area contributed by atoms with Crippen LogP contribution < -0.4 is 4.90 Å². The minimum Gasteiger partial charge on any atom is -0.352 e. The topological polar surface area (TPSA) is 86.7 Å². The van der Waals surface area contributed by atoms with Gasteiger partial charge in [0.2, 0.25) is 10.0 Å². The lowest BCUT2D eigenvalue weighted by Crippen LogP contribution is -2.49. The first-order chi connectivity index (χ1) is 15.3. The maximum absolute atomic E-state index is 13.0. The Kier molecular flexibility index (Phi) is 6.45. The molecule has 0 atom stereocenters. The number of fused-ring (bicyclic) bond motifs is 1. The molecular weight excluding hydrogens is 446 g/mol. The molecule has 0 saturated carbocycles. The first kappa shape index (κ1) is 22.6. The highest BCUT2D eigenvalue weighted by Crippen LogP contribution is 2.30. The Balaban J connectivity index is 1.44. The van der Waals surface area contributed by atoms with E-state index in [1.807, 2.05) is 18.7 Å². The second kappa shape index (κ2) is 9.13. The van der Waals surface area contributed by atoms with E-state index in [1.54, 1.807) is 29.8 Å². The zero-order chi connectivity index (χ0) is 22.9. The zero-order valence-electron chi connectivity index (χ0n) is 18.5. The summed E-state index contributed by atoms with van der Waals surface area (Å²) in [7, 11) is -3.53. The molecule has 1 aromatic carbocycles. The van der Waals surface area contributed by atoms with Crippen LogP contribution in [0.2, 0.25) is 0 Å². The molecule has 0 N–H and O–H groups in total. The second-order valence-corrected chi connectivity index (χ2v) is 10.8. The molecule has 1 saturated heterocycles. The van der Waals surface area contributed by atoms with Crippen molar-refractivity contribution in [2.45, 2.75) is 25.7 Å². The Morgan fingerprint density at radius 3 is 2.34 bits per heavy atom. The van der Waals surface area contributed by atoms with Gasteiger partial charge in [0.05, 0.1) is 10.3 Å². The predicted molar refractivity (Wildman–Crippen MR) is 127 cm³/mol. The molecule has 3 aromatic rings. The van der Waals surface area contributed by atoms with Gasteiger partial charge in [-0.05, 0) is 37.3 Å². The number of anilines is 1. The van der Waals surface area contributed by atoms with Crippen LogP contribution in [0.4, 0.5) is 5.82 Å². The number of rotatable bonds is 6. The number of carbonyl (C=O) groups excluding carboxylic acids is 1. The molecule has 8 nitrogen and oxygen atoms in total. The molecule has 0 radical (unpaired) electrons. The standard InChI is InChI=1S/C22H27N5O3S2/c1-4-27(5-2)32(29,30)18-8-6-17(7-9-18)22(28)26-12-10-25(11-13-26)20-19-14-16(3)31-21(19)24-15-23-20/h6-9,14-15H,4-5,10-13H2,1-3H3. The lowest BCUT2D eigenvalue weighted by Gasteiger charge is -2.35. The van der Waals surface area contributed by atoms with Crippen molar-refractivity contribution >= 4 is 43.3 Å². The number of piperazine rings is 1. The Bertz CT molecular complexity index is 1210. The van der Waals surface area contributed by atoms with Gasteiger partial charge in [-0.3, -0.25) is 4.79 Å². The van der Waals surface area contributed by atoms with Crippen molar-refractivity contribution in [3.8, 4) is 0 Å². The number of sulfonamides is 1. The lowest BCUT2D eigenvalue weighted by molar-refractivity contribution is 0.0746. The van der Waals surface area contributed by atoms with Gasteiger partial charge in [0.25, 0.3) is 5.91 Å². The van der Waals surface area contributed by atoms with Crippen molar-refractivity contribution in [2.75, 3.05) is 44.2 Å². The molecule has 2 aromatic heterocycles. The van der Waals surface area contributed by atoms with Crippen LogP contribution in [0.15, 0.2) is 41.6 Å². The predicted octanol–water partition coefficient (Wildman–Crippen LogP) is 2.99. The van der Waals surface area contributed by atoms with E-state index in [1.165, 1.54) is 21.3 Å². The third-order valence-electron chi connectivity index (χ3n) is 5.74. The van der Waals surface area contributed by atoms with Gasteiger partial charge in [-0.2, -0.15) is 4.31 Å². The number of aryl methyl sites for hydroxylation is 1. The van der Waals surface area contributed by atoms with Crippen LogP contribution in [0, 0.1) is 6.92 Å². The molecule has 10 heteroatoms. The largest absolute Gasteiger partial charge is 0.352 e. The summed E-state index contributed by atoms with van der Waals surface area (Å²) in [6.07, 6.45) is 1.60. The van der Waals surface area contributed by atoms with Gasteiger partial charge in [-0.25, -0.2) is 18.4 Å². The fraction of sp³-hybridized carbons (Fsp3) is 0.409. The van der Waals surface area contributed by atoms with Gasteiger partial charge in [-0.1, -0.05) is 13.8 Å². The molecule has 0 aliphatic carbocycles. The van der Waals surface area contributed by atoms with Crippen molar-refractivity contribution in [3.05, 3.63) is 47.1 Å². The highest BCUT2D eigenvalue weighted by Gasteiger charge is 2.26. The summed E-state index contributed by atoms with van der Waals surface area (Å²) in [5.74, 6) is 0.827. The van der Waals surface area contributed by atoms with Crippen molar-refractivity contribution in [2.24, 2.45) is 0 Å². The first-order valence-corrected chi connectivity index (χ1v) is 13.0. The molecule has 32 heavy (non-hydrogen) atoms. The number of thiophene rings is 1. The van der Waals surface area contributed by atoms with Gasteiger partial charge < -0.3 is 9.80 Å². The molecule has 0 unspecified atom stereocenters. The Hall–Kier alpha value is -2.56. The van der Waals surface area contributed by atoms with E-state index in [4.69, 9.17) is 0 Å². The average molecular weight is 474 g/mol. The molecule has 3 heterocycles. The van der Waals surface area contributed by atoms with Crippen molar-refractivity contribution in [3.63, 3.8) is 0 Å². The molecule has 0 spiro atoms. The molecule has 1 aliphatic rings. The highest BCUT2D eigenvalue weighted by molar-refractivity contribution is 7.89. The fourth-order valence-corrected chi connectivity index (χ4v) is 6.30. The maximum Gasteiger partial charge on any atom is 0.253 e. The van der Waals surface area contributed by atoms with E-state index < -0.39 is 10.0 Å². The van der Waals surface area contributed by atoms with Crippen molar-refractivity contribution in [1.82, 2.24) is 19.2 Å². The molecule has 4 rings (SSSR count). The van der Waals surface area contributed by atoms with Crippen LogP contribution in [-0.2, 0) is 10.0 Å². The van der Waals surface area contributed by atoms with Gasteiger partial charge in [-0.15, -0.1) is 11.3 Å². The summed E-state index contributed by atoms with van der Waals surface area (Å²) in [4.78, 5) is 28.2. The maximum atomic E-state index is 13.0. The summed E-state index contributed by atoms with van der Waals surface area (Å²) in [5.41, 5.74) is 0.495. The SMILES string of the molecule is CCN(CC)S(=O)(=O)c1ccc(C(=O)N2CCN(c3ncnc4sc(C)cc34)CC2)cc1. The number of amides is 1. The van der Waals surface area contributed by atoms with Crippen LogP contribution in [0.5, 0.6) is 0 Å². The molecule has 1 aliphatic heterocycles. The zero-order valence-corrected chi connectivity index (χ0v) is 20.1. The third kappa shape index (κ3) is 4.22. The number of hydrogen-bond donors (Lipinski definition) is 0. The average Bonchev–Trinajstić information content (AvgIpc) is 3.19. The summed E-state index contributed by atoms with van der Waals surface area (Å²) in [6.45, 7) is 9.02. The summed E-state index contributed by atoms with van der Waals surface area (Å²) < 4.78 is 26.7. The number of carbonyl (C=O) groups is 1. The number of benzene rings is 1. The Labute approximate surface area is 192 Å². The molecular formula is C22H27N5O3S2. The highest BCUT2D eigenvalue weighted by atomic mass is 32.2. The Morgan fingerprint density at radius 1 is 1.06 bits per heavy atom. The quantitative estimate of drug-likeness (QED) is 0.547. The molecule has 170 valence electrons. The van der Waals surface area contributed by atoms with Crippen LogP contribution in [0.1, 0.15) is 29.1 Å². The summed E-state index contributed by atoms with van der Waals surface area (Å²) >= 11 is 1.65. The van der Waals surface area contributed by atoms with Crippen LogP contribution in [-0.4, -0.2) is 72.8 Å². The van der Waals surface area contributed by atoms with E-state index in [0.29, 0.717) is 44.8 Å². The van der Waals surface area contributed by atoms with Crippen molar-refractivity contribution < 1.29 is 13.2 Å². The van der Waals surface area contributed by atoms with E-state index in [9.17, 15) is 13.2 Å². The number of nitrogens with zero attached hydrogens (tertiary/aromatic N) is 5. The monoisotopic (exact) mass is 473 g/mol. The minimum absolute atomic E-state index is 0.0874. The molecule has 0 bridgehead atoms. The molecule has 1 amide bonds. The fourth-order valence-electron chi connectivity index (χ4n) is 4.00. The van der Waals surface area contributed by atoms with E-state index in [-0.39, 0.29) is 10.8 Å². The Morgan fingerprint density at radius 2 is 1.72 bits per heavy atom. The number of aromatic nitrogens is 2. The normalized spacial score (nSPS) is 15.0. The van der Waals surface area contributed by atoms with Gasteiger partial charge >= 0.3 is 0 Å². The van der Waals surface area contributed by atoms with E-state index in [2.05, 4.69) is 27.9 Å². The second-order valence-electron chi connectivity index (χ2n) is 7.67. The van der Waals surface area contributed by atoms with Crippen LogP contribution >= 0.6 is 11.3 Å². The van der Waals surface area contributed by atoms with Crippen LogP contribution in [0.3, 0.4) is 0 Å². The first-order valence-electron chi connectivity index (χ1n) is 10.7. The van der Waals surface area contributed by atoms with E-state index in [0.717, 1.165) is 16.0 Å².